The lowest BCUT2D eigenvalue weighted by molar-refractivity contribution is -0.116. The van der Waals surface area contributed by atoms with Crippen molar-refractivity contribution < 1.29 is 4.79 Å². The number of hydrogen-bond acceptors (Lipinski definition) is 3. The van der Waals surface area contributed by atoms with Crippen molar-refractivity contribution in [2.24, 2.45) is 0 Å². The highest BCUT2D eigenvalue weighted by atomic mass is 16.1. The van der Waals surface area contributed by atoms with Gasteiger partial charge in [0.05, 0.1) is 11.9 Å². The van der Waals surface area contributed by atoms with Crippen molar-refractivity contribution in [1.82, 2.24) is 9.88 Å². The van der Waals surface area contributed by atoms with E-state index in [1.807, 2.05) is 12.1 Å². The van der Waals surface area contributed by atoms with Crippen molar-refractivity contribution in [3.63, 3.8) is 0 Å². The molecule has 0 radical (unpaired) electrons. The van der Waals surface area contributed by atoms with Crippen LogP contribution in [-0.4, -0.2) is 35.4 Å². The number of anilines is 1. The van der Waals surface area contributed by atoms with Crippen LogP contribution in [0.3, 0.4) is 0 Å². The zero-order valence-corrected chi connectivity index (χ0v) is 13.5. The van der Waals surface area contributed by atoms with Gasteiger partial charge in [0.25, 0.3) is 0 Å². The molecule has 0 saturated carbocycles. The molecule has 0 fully saturated rings. The fourth-order valence-corrected chi connectivity index (χ4v) is 2.22. The Bertz CT molecular complexity index is 373. The minimum absolute atomic E-state index is 0.0777. The summed E-state index contributed by atoms with van der Waals surface area (Å²) in [5.74, 6) is 0.0777. The predicted molar refractivity (Wildman–Crippen MR) is 88.4 cm³/mol. The summed E-state index contributed by atoms with van der Waals surface area (Å²) in [7, 11) is 0. The maximum Gasteiger partial charge on any atom is 0.224 e. The highest BCUT2D eigenvalue weighted by Crippen LogP contribution is 2.06. The molecular formula is C17H29N3O. The standard InChI is InChI=1S/C17H29N3O/c1-3-5-12-20(13-6-4-2)14-8-10-17(21)19-16-9-7-11-18-15-16/h7,9,11,15H,3-6,8,10,12-14H2,1-2H3,(H,19,21). The van der Waals surface area contributed by atoms with Crippen molar-refractivity contribution in [3.8, 4) is 0 Å². The summed E-state index contributed by atoms with van der Waals surface area (Å²) in [6.45, 7) is 7.76. The van der Waals surface area contributed by atoms with E-state index in [1.54, 1.807) is 12.4 Å². The van der Waals surface area contributed by atoms with Crippen LogP contribution >= 0.6 is 0 Å². The first-order valence-electron chi connectivity index (χ1n) is 8.18. The second-order valence-corrected chi connectivity index (χ2v) is 5.44. The molecule has 0 aliphatic carbocycles. The Morgan fingerprint density at radius 3 is 2.38 bits per heavy atom. The van der Waals surface area contributed by atoms with E-state index in [2.05, 4.69) is 29.0 Å². The number of aromatic nitrogens is 1. The zero-order chi connectivity index (χ0) is 15.3. The van der Waals surface area contributed by atoms with Crippen molar-refractivity contribution in [1.29, 1.82) is 0 Å². The summed E-state index contributed by atoms with van der Waals surface area (Å²) < 4.78 is 0. The average Bonchev–Trinajstić information content (AvgIpc) is 2.50. The Hall–Kier alpha value is -1.42. The molecule has 0 aliphatic heterocycles. The Morgan fingerprint density at radius 2 is 1.81 bits per heavy atom. The summed E-state index contributed by atoms with van der Waals surface area (Å²) in [6, 6.07) is 3.69. The van der Waals surface area contributed by atoms with Crippen molar-refractivity contribution in [2.75, 3.05) is 25.0 Å². The molecule has 1 aromatic rings. The van der Waals surface area contributed by atoms with Crippen molar-refractivity contribution >= 4 is 11.6 Å². The van der Waals surface area contributed by atoms with Gasteiger partial charge in [-0.2, -0.15) is 0 Å². The zero-order valence-electron chi connectivity index (χ0n) is 13.5. The van der Waals surface area contributed by atoms with Gasteiger partial charge in [0.2, 0.25) is 5.91 Å². The molecule has 1 amide bonds. The molecule has 4 nitrogen and oxygen atoms in total. The molecule has 4 heteroatoms. The number of amides is 1. The van der Waals surface area contributed by atoms with E-state index in [0.29, 0.717) is 6.42 Å². The van der Waals surface area contributed by atoms with Gasteiger partial charge in [0.15, 0.2) is 0 Å². The molecule has 0 aliphatic rings. The third kappa shape index (κ3) is 8.45. The molecule has 0 bridgehead atoms. The number of nitrogens with zero attached hydrogens (tertiary/aromatic N) is 2. The number of rotatable bonds is 11. The van der Waals surface area contributed by atoms with Crippen LogP contribution < -0.4 is 5.32 Å². The van der Waals surface area contributed by atoms with Gasteiger partial charge in [0.1, 0.15) is 0 Å². The largest absolute Gasteiger partial charge is 0.325 e. The fourth-order valence-electron chi connectivity index (χ4n) is 2.22. The second-order valence-electron chi connectivity index (χ2n) is 5.44. The van der Waals surface area contributed by atoms with E-state index >= 15 is 0 Å². The first-order chi connectivity index (χ1) is 10.3. The number of nitrogens with one attached hydrogen (secondary N) is 1. The van der Waals surface area contributed by atoms with Crippen LogP contribution in [0.25, 0.3) is 0 Å². The van der Waals surface area contributed by atoms with Gasteiger partial charge in [-0.05, 0) is 51.0 Å². The van der Waals surface area contributed by atoms with Crippen LogP contribution in [0.15, 0.2) is 24.5 Å². The monoisotopic (exact) mass is 291 g/mol. The van der Waals surface area contributed by atoms with Gasteiger partial charge in [0, 0.05) is 12.6 Å². The van der Waals surface area contributed by atoms with Crippen LogP contribution in [0.1, 0.15) is 52.4 Å². The quantitative estimate of drug-likeness (QED) is 0.676. The van der Waals surface area contributed by atoms with Gasteiger partial charge >= 0.3 is 0 Å². The maximum absolute atomic E-state index is 11.9. The van der Waals surface area contributed by atoms with Crippen LogP contribution in [0.4, 0.5) is 5.69 Å². The molecule has 1 N–H and O–H groups in total. The Balaban J connectivity index is 2.23. The summed E-state index contributed by atoms with van der Waals surface area (Å²) in [5.41, 5.74) is 0.774. The minimum Gasteiger partial charge on any atom is -0.325 e. The Kier molecular flexibility index (Phi) is 9.46. The van der Waals surface area contributed by atoms with E-state index in [4.69, 9.17) is 0 Å². The molecule has 1 heterocycles. The molecule has 21 heavy (non-hydrogen) atoms. The van der Waals surface area contributed by atoms with Gasteiger partial charge in [-0.1, -0.05) is 26.7 Å². The first kappa shape index (κ1) is 17.6. The molecule has 0 unspecified atom stereocenters. The van der Waals surface area contributed by atoms with E-state index in [-0.39, 0.29) is 5.91 Å². The lowest BCUT2D eigenvalue weighted by Crippen LogP contribution is -2.28. The topological polar surface area (TPSA) is 45.2 Å². The highest BCUT2D eigenvalue weighted by Gasteiger charge is 2.06. The molecule has 0 saturated heterocycles. The third-order valence-electron chi connectivity index (χ3n) is 3.48. The number of hydrogen-bond donors (Lipinski definition) is 1. The van der Waals surface area contributed by atoms with E-state index in [0.717, 1.165) is 31.7 Å². The average molecular weight is 291 g/mol. The molecule has 0 spiro atoms. The number of carbonyl (C=O) groups is 1. The summed E-state index contributed by atoms with van der Waals surface area (Å²) in [4.78, 5) is 18.3. The van der Waals surface area contributed by atoms with Crippen LogP contribution in [0, 0.1) is 0 Å². The normalized spacial score (nSPS) is 10.8. The van der Waals surface area contributed by atoms with Crippen LogP contribution in [0.2, 0.25) is 0 Å². The van der Waals surface area contributed by atoms with E-state index in [9.17, 15) is 4.79 Å². The lowest BCUT2D eigenvalue weighted by atomic mass is 10.2. The molecule has 1 aromatic heterocycles. The van der Waals surface area contributed by atoms with Crippen LogP contribution in [-0.2, 0) is 4.79 Å². The number of carbonyl (C=O) groups excluding carboxylic acids is 1. The Morgan fingerprint density at radius 1 is 1.14 bits per heavy atom. The molecule has 1 rings (SSSR count). The summed E-state index contributed by atoms with van der Waals surface area (Å²) >= 11 is 0. The van der Waals surface area contributed by atoms with E-state index in [1.165, 1.54) is 25.7 Å². The Labute approximate surface area is 129 Å². The predicted octanol–water partition coefficient (Wildman–Crippen LogP) is 3.70. The summed E-state index contributed by atoms with van der Waals surface area (Å²) in [5, 5.41) is 2.88. The molecular weight excluding hydrogens is 262 g/mol. The number of pyridine rings is 1. The number of unbranched alkanes of at least 4 members (excludes halogenated alkanes) is 2. The van der Waals surface area contributed by atoms with Crippen molar-refractivity contribution in [2.45, 2.75) is 52.4 Å². The van der Waals surface area contributed by atoms with Crippen LogP contribution in [0.5, 0.6) is 0 Å². The van der Waals surface area contributed by atoms with Crippen molar-refractivity contribution in [3.05, 3.63) is 24.5 Å². The maximum atomic E-state index is 11.9. The van der Waals surface area contributed by atoms with Gasteiger partial charge in [-0.3, -0.25) is 9.78 Å². The highest BCUT2D eigenvalue weighted by molar-refractivity contribution is 5.90. The van der Waals surface area contributed by atoms with E-state index < -0.39 is 0 Å². The minimum atomic E-state index is 0.0777. The SMILES string of the molecule is CCCCN(CCCC)CCCC(=O)Nc1cccnc1. The molecule has 118 valence electrons. The third-order valence-corrected chi connectivity index (χ3v) is 3.48. The fraction of sp³-hybridized carbons (Fsp3) is 0.647. The smallest absolute Gasteiger partial charge is 0.224 e. The molecule has 0 atom stereocenters. The lowest BCUT2D eigenvalue weighted by Gasteiger charge is -2.21. The van der Waals surface area contributed by atoms with Gasteiger partial charge < -0.3 is 10.2 Å². The second kappa shape index (κ2) is 11.3. The summed E-state index contributed by atoms with van der Waals surface area (Å²) in [6.07, 6.45) is 9.80. The molecule has 0 aromatic carbocycles. The van der Waals surface area contributed by atoms with Gasteiger partial charge in [-0.15, -0.1) is 0 Å². The van der Waals surface area contributed by atoms with Gasteiger partial charge in [-0.25, -0.2) is 0 Å². The first-order valence-corrected chi connectivity index (χ1v) is 8.18.